The second-order valence-corrected chi connectivity index (χ2v) is 4.92. The van der Waals surface area contributed by atoms with E-state index in [0.29, 0.717) is 6.54 Å². The molecule has 1 aromatic rings. The molecule has 7 heteroatoms. The maximum Gasteiger partial charge on any atom is 0.287 e. The van der Waals surface area contributed by atoms with Crippen molar-refractivity contribution in [3.05, 3.63) is 24.2 Å². The summed E-state index contributed by atoms with van der Waals surface area (Å²) in [5.41, 5.74) is 0. The predicted octanol–water partition coefficient (Wildman–Crippen LogP) is 1.18. The minimum Gasteiger partial charge on any atom is -0.459 e. The number of amides is 2. The average Bonchev–Trinajstić information content (AvgIpc) is 2.94. The molecule has 1 atom stereocenters. The fourth-order valence-electron chi connectivity index (χ4n) is 1.74. The van der Waals surface area contributed by atoms with E-state index in [2.05, 4.69) is 16.0 Å². The van der Waals surface area contributed by atoms with Gasteiger partial charge >= 0.3 is 0 Å². The van der Waals surface area contributed by atoms with E-state index in [4.69, 9.17) is 4.42 Å². The van der Waals surface area contributed by atoms with Crippen molar-refractivity contribution in [1.82, 2.24) is 16.0 Å². The van der Waals surface area contributed by atoms with Gasteiger partial charge in [0, 0.05) is 6.54 Å². The molecule has 120 valence electrons. The van der Waals surface area contributed by atoms with Crippen LogP contribution in [0, 0.1) is 5.92 Å². The number of carbonyl (C=O) groups is 2. The number of hydrogen-bond acceptors (Lipinski definition) is 4. The third kappa shape index (κ3) is 6.64. The Morgan fingerprint density at radius 1 is 1.29 bits per heavy atom. The number of halogens is 1. The Hall–Kier alpha value is -1.53. The molecule has 1 unspecified atom stereocenters. The van der Waals surface area contributed by atoms with Crippen molar-refractivity contribution in [3.8, 4) is 0 Å². The summed E-state index contributed by atoms with van der Waals surface area (Å²) in [5, 5.41) is 8.54. The van der Waals surface area contributed by atoms with E-state index >= 15 is 0 Å². The van der Waals surface area contributed by atoms with Gasteiger partial charge in [-0.2, -0.15) is 0 Å². The highest BCUT2D eigenvalue weighted by molar-refractivity contribution is 5.95. The minimum atomic E-state index is -0.567. The summed E-state index contributed by atoms with van der Waals surface area (Å²) in [6.45, 7) is 5.20. The summed E-state index contributed by atoms with van der Waals surface area (Å²) in [4.78, 5) is 24.0. The largest absolute Gasteiger partial charge is 0.459 e. The number of nitrogens with one attached hydrogen (secondary N) is 3. The first-order valence-corrected chi connectivity index (χ1v) is 6.83. The van der Waals surface area contributed by atoms with Crippen LogP contribution in [0.25, 0.3) is 0 Å². The van der Waals surface area contributed by atoms with Crippen LogP contribution in [0.15, 0.2) is 22.8 Å². The highest BCUT2D eigenvalue weighted by Crippen LogP contribution is 2.05. The summed E-state index contributed by atoms with van der Waals surface area (Å²) >= 11 is 0. The standard InChI is InChI=1S/C14H23N3O3.ClH/c1-10(2)12(14(19)16-8-5-7-15-3)17-13(18)11-6-4-9-20-11;/h4,6,9-10,12,15H,5,7-8H2,1-3H3,(H,16,19)(H,17,18);1H. The molecule has 0 bridgehead atoms. The van der Waals surface area contributed by atoms with Crippen LogP contribution in [-0.4, -0.2) is 38.0 Å². The summed E-state index contributed by atoms with van der Waals surface area (Å²) < 4.78 is 5.02. The fraction of sp³-hybridized carbons (Fsp3) is 0.571. The normalized spacial score (nSPS) is 11.6. The highest BCUT2D eigenvalue weighted by atomic mass is 35.5. The molecule has 1 heterocycles. The van der Waals surface area contributed by atoms with Crippen molar-refractivity contribution in [2.45, 2.75) is 26.3 Å². The second-order valence-electron chi connectivity index (χ2n) is 4.92. The lowest BCUT2D eigenvalue weighted by molar-refractivity contribution is -0.123. The quantitative estimate of drug-likeness (QED) is 0.629. The first-order valence-electron chi connectivity index (χ1n) is 6.83. The minimum absolute atomic E-state index is 0. The van der Waals surface area contributed by atoms with E-state index in [-0.39, 0.29) is 35.9 Å². The van der Waals surface area contributed by atoms with E-state index in [9.17, 15) is 9.59 Å². The van der Waals surface area contributed by atoms with Gasteiger partial charge in [-0.1, -0.05) is 13.8 Å². The summed E-state index contributed by atoms with van der Waals surface area (Å²) in [6.07, 6.45) is 2.27. The van der Waals surface area contributed by atoms with Crippen LogP contribution in [0.4, 0.5) is 0 Å². The summed E-state index contributed by atoms with van der Waals surface area (Å²) in [5.74, 6) is -0.341. The Bertz CT molecular complexity index is 421. The van der Waals surface area contributed by atoms with Crippen molar-refractivity contribution in [2.24, 2.45) is 5.92 Å². The highest BCUT2D eigenvalue weighted by Gasteiger charge is 2.25. The van der Waals surface area contributed by atoms with Gasteiger partial charge in [-0.15, -0.1) is 12.4 Å². The smallest absolute Gasteiger partial charge is 0.287 e. The Kier molecular flexibility index (Phi) is 9.49. The van der Waals surface area contributed by atoms with Crippen LogP contribution in [-0.2, 0) is 4.79 Å². The van der Waals surface area contributed by atoms with Crippen LogP contribution >= 0.6 is 12.4 Å². The van der Waals surface area contributed by atoms with E-state index < -0.39 is 6.04 Å². The first kappa shape index (κ1) is 19.5. The molecular formula is C14H24ClN3O3. The zero-order chi connectivity index (χ0) is 15.0. The molecule has 3 N–H and O–H groups in total. The topological polar surface area (TPSA) is 83.4 Å². The molecule has 0 fully saturated rings. The van der Waals surface area contributed by atoms with E-state index in [1.807, 2.05) is 20.9 Å². The van der Waals surface area contributed by atoms with E-state index in [1.54, 1.807) is 12.1 Å². The van der Waals surface area contributed by atoms with Crippen LogP contribution in [0.1, 0.15) is 30.8 Å². The van der Waals surface area contributed by atoms with Gasteiger partial charge in [-0.3, -0.25) is 9.59 Å². The van der Waals surface area contributed by atoms with Gasteiger partial charge in [0.15, 0.2) is 5.76 Å². The van der Waals surface area contributed by atoms with Crippen molar-refractivity contribution >= 4 is 24.2 Å². The van der Waals surface area contributed by atoms with Gasteiger partial charge < -0.3 is 20.4 Å². The molecule has 0 saturated heterocycles. The molecule has 0 aliphatic carbocycles. The van der Waals surface area contributed by atoms with Crippen molar-refractivity contribution < 1.29 is 14.0 Å². The lowest BCUT2D eigenvalue weighted by Crippen LogP contribution is -2.50. The third-order valence-corrected chi connectivity index (χ3v) is 2.88. The van der Waals surface area contributed by atoms with Gasteiger partial charge in [0.2, 0.25) is 5.91 Å². The maximum absolute atomic E-state index is 12.1. The monoisotopic (exact) mass is 317 g/mol. The van der Waals surface area contributed by atoms with Crippen molar-refractivity contribution in [1.29, 1.82) is 0 Å². The predicted molar refractivity (Wildman–Crippen MR) is 83.6 cm³/mol. The van der Waals surface area contributed by atoms with E-state index in [0.717, 1.165) is 13.0 Å². The Morgan fingerprint density at radius 3 is 2.52 bits per heavy atom. The molecule has 0 aliphatic rings. The molecule has 1 rings (SSSR count). The van der Waals surface area contributed by atoms with Crippen LogP contribution in [0.3, 0.4) is 0 Å². The number of carbonyl (C=O) groups excluding carboxylic acids is 2. The van der Waals surface area contributed by atoms with Crippen LogP contribution < -0.4 is 16.0 Å². The molecule has 6 nitrogen and oxygen atoms in total. The Balaban J connectivity index is 0.00000400. The van der Waals surface area contributed by atoms with Crippen molar-refractivity contribution in [2.75, 3.05) is 20.1 Å². The van der Waals surface area contributed by atoms with E-state index in [1.165, 1.54) is 6.26 Å². The van der Waals surface area contributed by atoms with Gasteiger partial charge in [0.05, 0.1) is 6.26 Å². The molecule has 0 aliphatic heterocycles. The fourth-order valence-corrected chi connectivity index (χ4v) is 1.74. The molecule has 21 heavy (non-hydrogen) atoms. The number of hydrogen-bond donors (Lipinski definition) is 3. The second kappa shape index (κ2) is 10.2. The van der Waals surface area contributed by atoms with Gasteiger partial charge in [-0.25, -0.2) is 0 Å². The van der Waals surface area contributed by atoms with Crippen molar-refractivity contribution in [3.63, 3.8) is 0 Å². The maximum atomic E-state index is 12.1. The zero-order valence-corrected chi connectivity index (χ0v) is 13.5. The lowest BCUT2D eigenvalue weighted by Gasteiger charge is -2.21. The molecule has 0 aromatic carbocycles. The number of furan rings is 1. The van der Waals surface area contributed by atoms with Gasteiger partial charge in [-0.05, 0) is 38.1 Å². The number of rotatable bonds is 8. The Morgan fingerprint density at radius 2 is 2.00 bits per heavy atom. The summed E-state index contributed by atoms with van der Waals surface area (Å²) in [6, 6.07) is 2.64. The third-order valence-electron chi connectivity index (χ3n) is 2.88. The molecule has 0 saturated carbocycles. The molecule has 0 radical (unpaired) electrons. The first-order chi connectivity index (χ1) is 9.56. The van der Waals surface area contributed by atoms with Crippen LogP contribution in [0.2, 0.25) is 0 Å². The molecular weight excluding hydrogens is 294 g/mol. The molecule has 2 amide bonds. The average molecular weight is 318 g/mol. The SMILES string of the molecule is CNCCCNC(=O)C(NC(=O)c1ccco1)C(C)C.Cl. The lowest BCUT2D eigenvalue weighted by atomic mass is 10.0. The zero-order valence-electron chi connectivity index (χ0n) is 12.6. The van der Waals surface area contributed by atoms with Gasteiger partial charge in [0.25, 0.3) is 5.91 Å². The van der Waals surface area contributed by atoms with Gasteiger partial charge in [0.1, 0.15) is 6.04 Å². The molecule has 0 spiro atoms. The Labute approximate surface area is 131 Å². The molecule has 1 aromatic heterocycles. The summed E-state index contributed by atoms with van der Waals surface area (Å²) in [7, 11) is 1.86. The van der Waals surface area contributed by atoms with Crippen LogP contribution in [0.5, 0.6) is 0 Å².